The highest BCUT2D eigenvalue weighted by Crippen LogP contribution is 2.17. The zero-order valence-corrected chi connectivity index (χ0v) is 9.18. The molecule has 0 saturated heterocycles. The highest BCUT2D eigenvalue weighted by atomic mass is 15.3. The average Bonchev–Trinajstić information content (AvgIpc) is 2.71. The Kier molecular flexibility index (Phi) is 2.32. The van der Waals surface area contributed by atoms with E-state index in [0.717, 1.165) is 17.2 Å². The SMILES string of the molecule is Cc1cc(C(N)c2nccn2C)n(C)n1. The van der Waals surface area contributed by atoms with Crippen molar-refractivity contribution in [1.29, 1.82) is 0 Å². The number of nitrogens with zero attached hydrogens (tertiary/aromatic N) is 4. The van der Waals surface area contributed by atoms with Crippen LogP contribution >= 0.6 is 0 Å². The Morgan fingerprint density at radius 2 is 2.13 bits per heavy atom. The quantitative estimate of drug-likeness (QED) is 0.777. The second-order valence-corrected chi connectivity index (χ2v) is 3.71. The molecule has 0 saturated carbocycles. The summed E-state index contributed by atoms with van der Waals surface area (Å²) < 4.78 is 3.72. The first-order valence-corrected chi connectivity index (χ1v) is 4.83. The smallest absolute Gasteiger partial charge is 0.131 e. The van der Waals surface area contributed by atoms with Crippen molar-refractivity contribution in [2.45, 2.75) is 13.0 Å². The second-order valence-electron chi connectivity index (χ2n) is 3.71. The topological polar surface area (TPSA) is 61.7 Å². The molecule has 2 N–H and O–H groups in total. The summed E-state index contributed by atoms with van der Waals surface area (Å²) in [4.78, 5) is 4.24. The summed E-state index contributed by atoms with van der Waals surface area (Å²) in [7, 11) is 3.83. The van der Waals surface area contributed by atoms with E-state index in [0.29, 0.717) is 0 Å². The summed E-state index contributed by atoms with van der Waals surface area (Å²) in [5.74, 6) is 0.845. The largest absolute Gasteiger partial charge is 0.336 e. The van der Waals surface area contributed by atoms with Crippen LogP contribution in [0, 0.1) is 6.92 Å². The van der Waals surface area contributed by atoms with Crippen molar-refractivity contribution in [1.82, 2.24) is 19.3 Å². The zero-order valence-electron chi connectivity index (χ0n) is 9.18. The van der Waals surface area contributed by atoms with E-state index in [4.69, 9.17) is 5.73 Å². The lowest BCUT2D eigenvalue weighted by Gasteiger charge is -2.11. The molecular weight excluding hydrogens is 190 g/mol. The van der Waals surface area contributed by atoms with Gasteiger partial charge in [0.05, 0.1) is 11.4 Å². The van der Waals surface area contributed by atoms with Crippen molar-refractivity contribution >= 4 is 0 Å². The van der Waals surface area contributed by atoms with Gasteiger partial charge in [-0.05, 0) is 13.0 Å². The second kappa shape index (κ2) is 3.51. The molecule has 0 spiro atoms. The summed E-state index contributed by atoms with van der Waals surface area (Å²) in [6, 6.07) is 1.76. The summed E-state index contributed by atoms with van der Waals surface area (Å²) in [6.07, 6.45) is 3.64. The van der Waals surface area contributed by atoms with Crippen molar-refractivity contribution < 1.29 is 0 Å². The summed E-state index contributed by atoms with van der Waals surface area (Å²) in [5, 5.41) is 4.27. The Hall–Kier alpha value is -1.62. The molecule has 80 valence electrons. The monoisotopic (exact) mass is 205 g/mol. The molecule has 5 nitrogen and oxygen atoms in total. The molecule has 0 aromatic carbocycles. The highest BCUT2D eigenvalue weighted by molar-refractivity contribution is 5.19. The third-order valence-electron chi connectivity index (χ3n) is 2.49. The van der Waals surface area contributed by atoms with Crippen molar-refractivity contribution in [2.24, 2.45) is 19.8 Å². The normalized spacial score (nSPS) is 13.1. The number of hydrogen-bond donors (Lipinski definition) is 1. The molecule has 0 aliphatic rings. The molecule has 1 atom stereocenters. The van der Waals surface area contributed by atoms with Gasteiger partial charge in [0, 0.05) is 26.5 Å². The van der Waals surface area contributed by atoms with E-state index in [1.165, 1.54) is 0 Å². The van der Waals surface area contributed by atoms with Crippen molar-refractivity contribution in [3.63, 3.8) is 0 Å². The third kappa shape index (κ3) is 1.66. The van der Waals surface area contributed by atoms with Crippen LogP contribution in [0.15, 0.2) is 18.5 Å². The minimum absolute atomic E-state index is 0.226. The van der Waals surface area contributed by atoms with Crippen LogP contribution in [0.25, 0.3) is 0 Å². The fraction of sp³-hybridized carbons (Fsp3) is 0.400. The van der Waals surface area contributed by atoms with Gasteiger partial charge in [-0.3, -0.25) is 4.68 Å². The number of aryl methyl sites for hydroxylation is 3. The molecule has 0 bridgehead atoms. The van der Waals surface area contributed by atoms with Gasteiger partial charge >= 0.3 is 0 Å². The van der Waals surface area contributed by atoms with Gasteiger partial charge in [-0.15, -0.1) is 0 Å². The molecule has 15 heavy (non-hydrogen) atoms. The van der Waals surface area contributed by atoms with Crippen LogP contribution in [0.2, 0.25) is 0 Å². The van der Waals surface area contributed by atoms with E-state index in [1.807, 2.05) is 37.8 Å². The van der Waals surface area contributed by atoms with Gasteiger partial charge in [-0.25, -0.2) is 4.98 Å². The molecule has 2 heterocycles. The molecule has 0 fully saturated rings. The third-order valence-corrected chi connectivity index (χ3v) is 2.49. The minimum Gasteiger partial charge on any atom is -0.336 e. The van der Waals surface area contributed by atoms with E-state index < -0.39 is 0 Å². The number of aromatic nitrogens is 4. The van der Waals surface area contributed by atoms with Gasteiger partial charge in [-0.2, -0.15) is 5.10 Å². The number of nitrogens with two attached hydrogens (primary N) is 1. The van der Waals surface area contributed by atoms with Crippen LogP contribution in [0.1, 0.15) is 23.3 Å². The number of imidazole rings is 1. The Balaban J connectivity index is 2.40. The molecule has 2 aromatic heterocycles. The van der Waals surface area contributed by atoms with Gasteiger partial charge in [0.25, 0.3) is 0 Å². The number of hydrogen-bond acceptors (Lipinski definition) is 3. The van der Waals surface area contributed by atoms with Crippen molar-refractivity contribution in [3.05, 3.63) is 35.7 Å². The van der Waals surface area contributed by atoms with Gasteiger partial charge in [0.2, 0.25) is 0 Å². The fourth-order valence-corrected chi connectivity index (χ4v) is 1.73. The van der Waals surface area contributed by atoms with Gasteiger partial charge < -0.3 is 10.3 Å². The summed E-state index contributed by atoms with van der Waals surface area (Å²) in [6.45, 7) is 1.95. The Morgan fingerprint density at radius 1 is 1.40 bits per heavy atom. The van der Waals surface area contributed by atoms with Crippen molar-refractivity contribution in [2.75, 3.05) is 0 Å². The van der Waals surface area contributed by atoms with Crippen LogP contribution in [0.4, 0.5) is 0 Å². The first kappa shape index (κ1) is 9.92. The van der Waals surface area contributed by atoms with Gasteiger partial charge in [0.1, 0.15) is 11.9 Å². The molecular formula is C10H15N5. The molecule has 0 aliphatic carbocycles. The predicted molar refractivity (Wildman–Crippen MR) is 57.2 cm³/mol. The lowest BCUT2D eigenvalue weighted by Crippen LogP contribution is -2.19. The standard InChI is InChI=1S/C10H15N5/c1-7-6-8(15(3)13-7)9(11)10-12-4-5-14(10)2/h4-6,9H,11H2,1-3H3. The van der Waals surface area contributed by atoms with E-state index >= 15 is 0 Å². The van der Waals surface area contributed by atoms with Gasteiger partial charge in [0.15, 0.2) is 0 Å². The molecule has 0 radical (unpaired) electrons. The maximum Gasteiger partial charge on any atom is 0.131 e. The molecule has 0 aliphatic heterocycles. The highest BCUT2D eigenvalue weighted by Gasteiger charge is 2.17. The van der Waals surface area contributed by atoms with E-state index in [-0.39, 0.29) is 6.04 Å². The lowest BCUT2D eigenvalue weighted by molar-refractivity contribution is 0.630. The molecule has 2 rings (SSSR count). The predicted octanol–water partition coefficient (Wildman–Crippen LogP) is 0.510. The Morgan fingerprint density at radius 3 is 2.60 bits per heavy atom. The fourth-order valence-electron chi connectivity index (χ4n) is 1.73. The van der Waals surface area contributed by atoms with Crippen LogP contribution in [-0.4, -0.2) is 19.3 Å². The first-order valence-electron chi connectivity index (χ1n) is 4.83. The van der Waals surface area contributed by atoms with Crippen LogP contribution in [0.5, 0.6) is 0 Å². The van der Waals surface area contributed by atoms with Crippen molar-refractivity contribution in [3.8, 4) is 0 Å². The summed E-state index contributed by atoms with van der Waals surface area (Å²) in [5.41, 5.74) is 8.08. The zero-order chi connectivity index (χ0) is 11.0. The van der Waals surface area contributed by atoms with Crippen LogP contribution < -0.4 is 5.73 Å². The number of rotatable bonds is 2. The van der Waals surface area contributed by atoms with E-state index in [2.05, 4.69) is 10.1 Å². The average molecular weight is 205 g/mol. The molecule has 1 unspecified atom stereocenters. The maximum atomic E-state index is 6.13. The minimum atomic E-state index is -0.226. The Labute approximate surface area is 88.5 Å². The van der Waals surface area contributed by atoms with Gasteiger partial charge in [-0.1, -0.05) is 0 Å². The van der Waals surface area contributed by atoms with E-state index in [9.17, 15) is 0 Å². The maximum absolute atomic E-state index is 6.13. The molecule has 0 amide bonds. The molecule has 5 heteroatoms. The lowest BCUT2D eigenvalue weighted by atomic mass is 10.2. The Bertz CT molecular complexity index is 468. The van der Waals surface area contributed by atoms with Crippen LogP contribution in [-0.2, 0) is 14.1 Å². The van der Waals surface area contributed by atoms with Crippen LogP contribution in [0.3, 0.4) is 0 Å². The molecule has 2 aromatic rings. The first-order chi connectivity index (χ1) is 7.09. The summed E-state index contributed by atoms with van der Waals surface area (Å²) >= 11 is 0. The van der Waals surface area contributed by atoms with E-state index in [1.54, 1.807) is 10.9 Å².